The number of rotatable bonds is 7. The Balaban J connectivity index is 1.85. The lowest BCUT2D eigenvalue weighted by atomic mass is 10.3. The summed E-state index contributed by atoms with van der Waals surface area (Å²) in [5.74, 6) is -0.0222. The highest BCUT2D eigenvalue weighted by Gasteiger charge is 2.48. The van der Waals surface area contributed by atoms with Crippen LogP contribution in [-0.4, -0.2) is 45.8 Å². The van der Waals surface area contributed by atoms with E-state index in [0.29, 0.717) is 18.1 Å². The normalized spacial score (nSPS) is 22.4. The summed E-state index contributed by atoms with van der Waals surface area (Å²) in [7, 11) is 0. The molecule has 2 unspecified atom stereocenters. The Morgan fingerprint density at radius 3 is 2.78 bits per heavy atom. The van der Waals surface area contributed by atoms with Gasteiger partial charge in [-0.25, -0.2) is 0 Å². The molecule has 2 rings (SSSR count). The number of nitrogens with zero attached hydrogens (tertiary/aromatic N) is 3. The maximum atomic E-state index is 10.7. The quantitative estimate of drug-likeness (QED) is 0.785. The fourth-order valence-corrected chi connectivity index (χ4v) is 2.06. The minimum Gasteiger partial charge on any atom is -0.481 e. The van der Waals surface area contributed by atoms with E-state index in [0.717, 1.165) is 26.1 Å². The lowest BCUT2D eigenvalue weighted by Crippen LogP contribution is -2.25. The highest BCUT2D eigenvalue weighted by atomic mass is 16.5. The molecule has 1 N–H and O–H groups in total. The third-order valence-corrected chi connectivity index (χ3v) is 3.45. The Morgan fingerprint density at radius 1 is 1.50 bits per heavy atom. The van der Waals surface area contributed by atoms with E-state index in [2.05, 4.69) is 28.9 Å². The average molecular weight is 253 g/mol. The molecule has 18 heavy (non-hydrogen) atoms. The standard InChI is InChI=1S/C12H19N3O3/c1-3-15(4-2)6-5-10-13-11(18-14-10)8-7-9(8)12(16)17/h8-9H,3-7H2,1-2H3,(H,16,17). The second kappa shape index (κ2) is 5.48. The van der Waals surface area contributed by atoms with Crippen LogP contribution >= 0.6 is 0 Å². The summed E-state index contributed by atoms with van der Waals surface area (Å²) >= 11 is 0. The second-order valence-corrected chi connectivity index (χ2v) is 4.61. The zero-order chi connectivity index (χ0) is 13.1. The van der Waals surface area contributed by atoms with Crippen LogP contribution in [0.1, 0.15) is 37.9 Å². The van der Waals surface area contributed by atoms with Crippen LogP contribution in [0, 0.1) is 5.92 Å². The predicted molar refractivity (Wildman–Crippen MR) is 64.3 cm³/mol. The number of likely N-dealkylation sites (N-methyl/N-ethyl adjacent to an activating group) is 1. The lowest BCUT2D eigenvalue weighted by Gasteiger charge is -2.16. The molecule has 6 heteroatoms. The van der Waals surface area contributed by atoms with E-state index in [9.17, 15) is 4.79 Å². The maximum Gasteiger partial charge on any atom is 0.307 e. The maximum absolute atomic E-state index is 10.7. The predicted octanol–water partition coefficient (Wildman–Crippen LogP) is 1.14. The number of carboxylic acids is 1. The highest BCUT2D eigenvalue weighted by Crippen LogP contribution is 2.46. The topological polar surface area (TPSA) is 79.5 Å². The van der Waals surface area contributed by atoms with Crippen LogP contribution in [0.15, 0.2) is 4.52 Å². The van der Waals surface area contributed by atoms with E-state index in [4.69, 9.17) is 9.63 Å². The van der Waals surface area contributed by atoms with Gasteiger partial charge < -0.3 is 14.5 Å². The summed E-state index contributed by atoms with van der Waals surface area (Å²) in [5, 5.41) is 12.7. The summed E-state index contributed by atoms with van der Waals surface area (Å²) in [6.07, 6.45) is 1.36. The summed E-state index contributed by atoms with van der Waals surface area (Å²) in [6.45, 7) is 7.15. The van der Waals surface area contributed by atoms with Crippen molar-refractivity contribution in [3.63, 3.8) is 0 Å². The van der Waals surface area contributed by atoms with Crippen molar-refractivity contribution < 1.29 is 14.4 Å². The number of carboxylic acid groups (broad SMARTS) is 1. The van der Waals surface area contributed by atoms with Crippen LogP contribution in [0.5, 0.6) is 0 Å². The summed E-state index contributed by atoms with van der Waals surface area (Å²) in [5.41, 5.74) is 0. The van der Waals surface area contributed by atoms with E-state index in [1.54, 1.807) is 0 Å². The number of aromatic nitrogens is 2. The van der Waals surface area contributed by atoms with E-state index in [-0.39, 0.29) is 11.8 Å². The van der Waals surface area contributed by atoms with Gasteiger partial charge >= 0.3 is 5.97 Å². The number of hydrogen-bond acceptors (Lipinski definition) is 5. The minimum atomic E-state index is -0.775. The molecule has 0 aromatic carbocycles. The van der Waals surface area contributed by atoms with Gasteiger partial charge in [-0.2, -0.15) is 4.98 Å². The highest BCUT2D eigenvalue weighted by molar-refractivity contribution is 5.74. The molecule has 1 aromatic heterocycles. The van der Waals surface area contributed by atoms with Crippen molar-refractivity contribution in [3.8, 4) is 0 Å². The van der Waals surface area contributed by atoms with Crippen molar-refractivity contribution in [2.24, 2.45) is 5.92 Å². The molecule has 0 bridgehead atoms. The first kappa shape index (κ1) is 13.0. The Hall–Kier alpha value is -1.43. The number of hydrogen-bond donors (Lipinski definition) is 1. The molecule has 1 saturated carbocycles. The van der Waals surface area contributed by atoms with Gasteiger partial charge in [0.15, 0.2) is 5.82 Å². The summed E-state index contributed by atoms with van der Waals surface area (Å²) < 4.78 is 5.13. The average Bonchev–Trinajstić information content (AvgIpc) is 3.04. The minimum absolute atomic E-state index is 0.0720. The van der Waals surface area contributed by atoms with Crippen LogP contribution in [0.3, 0.4) is 0 Å². The summed E-state index contributed by atoms with van der Waals surface area (Å²) in [4.78, 5) is 17.3. The molecule has 0 amide bonds. The first-order chi connectivity index (χ1) is 8.65. The van der Waals surface area contributed by atoms with Crippen molar-refractivity contribution in [1.29, 1.82) is 0 Å². The van der Waals surface area contributed by atoms with Gasteiger partial charge in [0.25, 0.3) is 0 Å². The SMILES string of the molecule is CCN(CC)CCc1noc(C2CC2C(=O)O)n1. The first-order valence-electron chi connectivity index (χ1n) is 6.43. The molecule has 0 radical (unpaired) electrons. The fourth-order valence-electron chi connectivity index (χ4n) is 2.06. The Bertz CT molecular complexity index is 414. The molecule has 0 saturated heterocycles. The zero-order valence-electron chi connectivity index (χ0n) is 10.8. The molecular formula is C12H19N3O3. The van der Waals surface area contributed by atoms with Crippen LogP contribution in [0.2, 0.25) is 0 Å². The van der Waals surface area contributed by atoms with E-state index >= 15 is 0 Å². The van der Waals surface area contributed by atoms with Crippen LogP contribution < -0.4 is 0 Å². The lowest BCUT2D eigenvalue weighted by molar-refractivity contribution is -0.138. The van der Waals surface area contributed by atoms with Gasteiger partial charge in [-0.05, 0) is 19.5 Å². The molecule has 1 fully saturated rings. The summed E-state index contributed by atoms with van der Waals surface area (Å²) in [6, 6.07) is 0. The monoisotopic (exact) mass is 253 g/mol. The van der Waals surface area contributed by atoms with Gasteiger partial charge in [-0.1, -0.05) is 19.0 Å². The molecule has 2 atom stereocenters. The molecule has 6 nitrogen and oxygen atoms in total. The fraction of sp³-hybridized carbons (Fsp3) is 0.750. The molecule has 0 spiro atoms. The van der Waals surface area contributed by atoms with Gasteiger partial charge in [0.2, 0.25) is 5.89 Å². The molecule has 1 aliphatic carbocycles. The third kappa shape index (κ3) is 2.87. The van der Waals surface area contributed by atoms with E-state index < -0.39 is 5.97 Å². The van der Waals surface area contributed by atoms with Gasteiger partial charge in [0, 0.05) is 13.0 Å². The first-order valence-corrected chi connectivity index (χ1v) is 6.43. The van der Waals surface area contributed by atoms with Crippen LogP contribution in [0.4, 0.5) is 0 Å². The van der Waals surface area contributed by atoms with Crippen molar-refractivity contribution in [2.75, 3.05) is 19.6 Å². The van der Waals surface area contributed by atoms with Crippen molar-refractivity contribution in [3.05, 3.63) is 11.7 Å². The van der Waals surface area contributed by atoms with Crippen LogP contribution in [0.25, 0.3) is 0 Å². The van der Waals surface area contributed by atoms with Crippen molar-refractivity contribution in [2.45, 2.75) is 32.6 Å². The van der Waals surface area contributed by atoms with E-state index in [1.165, 1.54) is 0 Å². The molecule has 1 aromatic rings. The molecular weight excluding hydrogens is 234 g/mol. The van der Waals surface area contributed by atoms with Gasteiger partial charge in [0.05, 0.1) is 11.8 Å². The number of carbonyl (C=O) groups is 1. The molecule has 100 valence electrons. The Kier molecular flexibility index (Phi) is 3.96. The molecule has 1 heterocycles. The number of aliphatic carboxylic acids is 1. The molecule has 0 aliphatic heterocycles. The van der Waals surface area contributed by atoms with Gasteiger partial charge in [-0.3, -0.25) is 4.79 Å². The van der Waals surface area contributed by atoms with Crippen molar-refractivity contribution in [1.82, 2.24) is 15.0 Å². The van der Waals surface area contributed by atoms with Gasteiger partial charge in [0.1, 0.15) is 0 Å². The van der Waals surface area contributed by atoms with Crippen LogP contribution in [-0.2, 0) is 11.2 Å². The Morgan fingerprint density at radius 2 is 2.22 bits per heavy atom. The largest absolute Gasteiger partial charge is 0.481 e. The van der Waals surface area contributed by atoms with E-state index in [1.807, 2.05) is 0 Å². The Labute approximate surface area is 106 Å². The second-order valence-electron chi connectivity index (χ2n) is 4.61. The smallest absolute Gasteiger partial charge is 0.307 e. The zero-order valence-corrected chi connectivity index (χ0v) is 10.8. The van der Waals surface area contributed by atoms with Crippen molar-refractivity contribution >= 4 is 5.97 Å². The third-order valence-electron chi connectivity index (χ3n) is 3.45. The molecule has 1 aliphatic rings. The van der Waals surface area contributed by atoms with Gasteiger partial charge in [-0.15, -0.1) is 0 Å².